The first kappa shape index (κ1) is 19.0. The average molecular weight is 399 g/mol. The molecule has 0 bridgehead atoms. The second kappa shape index (κ2) is 7.60. The summed E-state index contributed by atoms with van der Waals surface area (Å²) >= 11 is 0. The summed E-state index contributed by atoms with van der Waals surface area (Å²) in [6.45, 7) is 0. The molecular formula is C19H19F2N7O. The molecule has 1 saturated carbocycles. The summed E-state index contributed by atoms with van der Waals surface area (Å²) in [7, 11) is 1.66. The Labute approximate surface area is 165 Å². The minimum absolute atomic E-state index is 0.0869. The molecule has 1 aromatic carbocycles. The van der Waals surface area contributed by atoms with Crippen molar-refractivity contribution in [3.8, 4) is 6.07 Å². The number of aliphatic hydroxyl groups is 1. The first-order valence-electron chi connectivity index (χ1n) is 9.25. The second-order valence-electron chi connectivity index (χ2n) is 7.11. The van der Waals surface area contributed by atoms with Crippen molar-refractivity contribution in [2.24, 2.45) is 7.05 Å². The minimum Gasteiger partial charge on any atom is -0.393 e. The summed E-state index contributed by atoms with van der Waals surface area (Å²) in [4.78, 5) is 13.0. The van der Waals surface area contributed by atoms with Crippen LogP contribution in [0, 0.1) is 23.0 Å². The second-order valence-corrected chi connectivity index (χ2v) is 7.11. The molecule has 1 aliphatic carbocycles. The molecule has 1 fully saturated rings. The number of imidazole rings is 1. The summed E-state index contributed by atoms with van der Waals surface area (Å²) in [6.07, 6.45) is 4.50. The van der Waals surface area contributed by atoms with Gasteiger partial charge in [0.25, 0.3) is 0 Å². The molecule has 3 N–H and O–H groups in total. The number of fused-ring (bicyclic) bond motifs is 1. The number of aryl methyl sites for hydroxylation is 1. The van der Waals surface area contributed by atoms with E-state index in [1.807, 2.05) is 0 Å². The molecule has 0 aliphatic heterocycles. The molecule has 10 heteroatoms. The molecule has 0 saturated heterocycles. The quantitative estimate of drug-likeness (QED) is 0.618. The van der Waals surface area contributed by atoms with Gasteiger partial charge in [-0.05, 0) is 37.8 Å². The van der Waals surface area contributed by atoms with E-state index >= 15 is 0 Å². The third-order valence-electron chi connectivity index (χ3n) is 5.00. The molecule has 2 atom stereocenters. The van der Waals surface area contributed by atoms with E-state index in [9.17, 15) is 13.9 Å². The minimum atomic E-state index is -0.891. The lowest BCUT2D eigenvalue weighted by molar-refractivity contribution is 0.124. The van der Waals surface area contributed by atoms with Gasteiger partial charge in [-0.3, -0.25) is 4.57 Å². The number of nitrogens with zero attached hydrogens (tertiary/aromatic N) is 5. The van der Waals surface area contributed by atoms with Crippen LogP contribution in [0.3, 0.4) is 0 Å². The Morgan fingerprint density at radius 2 is 2.00 bits per heavy atom. The van der Waals surface area contributed by atoms with Crippen molar-refractivity contribution in [3.05, 3.63) is 35.5 Å². The van der Waals surface area contributed by atoms with Crippen LogP contribution in [0.2, 0.25) is 0 Å². The lowest BCUT2D eigenvalue weighted by Crippen LogP contribution is -2.30. The summed E-state index contributed by atoms with van der Waals surface area (Å²) in [5.74, 6) is -1.19. The van der Waals surface area contributed by atoms with Crippen LogP contribution in [0.5, 0.6) is 0 Å². The van der Waals surface area contributed by atoms with E-state index in [1.165, 1.54) is 6.20 Å². The number of nitriles is 1. The number of benzene rings is 1. The van der Waals surface area contributed by atoms with Crippen molar-refractivity contribution in [2.75, 3.05) is 10.6 Å². The molecule has 150 valence electrons. The number of hydrogen-bond donors (Lipinski definition) is 3. The van der Waals surface area contributed by atoms with Crippen LogP contribution < -0.4 is 10.6 Å². The van der Waals surface area contributed by atoms with Crippen molar-refractivity contribution < 1.29 is 13.9 Å². The number of anilines is 3. The first-order valence-corrected chi connectivity index (χ1v) is 9.25. The topological polar surface area (TPSA) is 112 Å². The number of aromatic nitrogens is 4. The standard InChI is InChI=1S/C19H19F2N7O/c1-28-17-15(9-23-18(27-17)24-11-3-2-4-12(29)7-11)25-19(28)26-16-13(20)5-10(8-22)6-14(16)21/h5-6,9,11-12,29H,2-4,7H2,1H3,(H,25,26)(H,23,24,27)/t11-,12+/m1/s1. The zero-order valence-electron chi connectivity index (χ0n) is 15.7. The Balaban J connectivity index is 1.61. The zero-order chi connectivity index (χ0) is 20.5. The third-order valence-corrected chi connectivity index (χ3v) is 5.00. The number of rotatable bonds is 4. The lowest BCUT2D eigenvalue weighted by atomic mass is 9.93. The van der Waals surface area contributed by atoms with Crippen molar-refractivity contribution >= 4 is 28.7 Å². The SMILES string of the molecule is Cn1c(Nc2c(F)cc(C#N)cc2F)nc2cnc(N[C@@H]3CCC[C@H](O)C3)nc21. The van der Waals surface area contributed by atoms with Gasteiger partial charge in [0, 0.05) is 13.1 Å². The molecule has 2 aromatic heterocycles. The summed E-state index contributed by atoms with van der Waals surface area (Å²) in [6, 6.07) is 3.70. The maximum absolute atomic E-state index is 14.2. The molecule has 0 spiro atoms. The van der Waals surface area contributed by atoms with Gasteiger partial charge < -0.3 is 15.7 Å². The molecule has 3 aromatic rings. The normalized spacial score (nSPS) is 19.1. The predicted molar refractivity (Wildman–Crippen MR) is 103 cm³/mol. The molecule has 0 amide bonds. The van der Waals surface area contributed by atoms with Crippen LogP contribution in [0.1, 0.15) is 31.2 Å². The van der Waals surface area contributed by atoms with Gasteiger partial charge in [-0.25, -0.2) is 18.7 Å². The van der Waals surface area contributed by atoms with E-state index in [0.29, 0.717) is 23.5 Å². The fourth-order valence-electron chi connectivity index (χ4n) is 3.51. The van der Waals surface area contributed by atoms with Crippen molar-refractivity contribution in [1.29, 1.82) is 5.26 Å². The highest BCUT2D eigenvalue weighted by Crippen LogP contribution is 2.27. The molecule has 0 unspecified atom stereocenters. The Bertz CT molecular complexity index is 1080. The molecule has 4 rings (SSSR count). The van der Waals surface area contributed by atoms with Gasteiger partial charge in [0.1, 0.15) is 11.2 Å². The predicted octanol–water partition coefficient (Wildman–Crippen LogP) is 2.97. The van der Waals surface area contributed by atoms with Crippen LogP contribution in [-0.2, 0) is 7.05 Å². The van der Waals surface area contributed by atoms with Crippen LogP contribution in [0.25, 0.3) is 11.2 Å². The number of nitrogens with one attached hydrogen (secondary N) is 2. The van der Waals surface area contributed by atoms with Crippen molar-refractivity contribution in [2.45, 2.75) is 37.8 Å². The van der Waals surface area contributed by atoms with Gasteiger partial charge in [0.15, 0.2) is 17.3 Å². The summed E-state index contributed by atoms with van der Waals surface area (Å²) in [5.41, 5.74) is 0.435. The molecule has 0 radical (unpaired) electrons. The largest absolute Gasteiger partial charge is 0.393 e. The third kappa shape index (κ3) is 3.82. The monoisotopic (exact) mass is 399 g/mol. The Kier molecular flexibility index (Phi) is 4.98. The average Bonchev–Trinajstić information content (AvgIpc) is 3.00. The van der Waals surface area contributed by atoms with E-state index in [1.54, 1.807) is 17.7 Å². The highest BCUT2D eigenvalue weighted by molar-refractivity contribution is 5.76. The van der Waals surface area contributed by atoms with Crippen molar-refractivity contribution in [1.82, 2.24) is 19.5 Å². The van der Waals surface area contributed by atoms with Crippen molar-refractivity contribution in [3.63, 3.8) is 0 Å². The van der Waals surface area contributed by atoms with Gasteiger partial charge in [0.05, 0.1) is 23.9 Å². The highest BCUT2D eigenvalue weighted by atomic mass is 19.1. The molecule has 2 heterocycles. The molecular weight excluding hydrogens is 380 g/mol. The Morgan fingerprint density at radius 1 is 1.24 bits per heavy atom. The van der Waals surface area contributed by atoms with Crippen LogP contribution in [0.4, 0.5) is 26.4 Å². The van der Waals surface area contributed by atoms with Gasteiger partial charge >= 0.3 is 0 Å². The summed E-state index contributed by atoms with van der Waals surface area (Å²) < 4.78 is 29.9. The molecule has 29 heavy (non-hydrogen) atoms. The summed E-state index contributed by atoms with van der Waals surface area (Å²) in [5, 5.41) is 24.5. The van der Waals surface area contributed by atoms with Crippen LogP contribution in [0.15, 0.2) is 18.3 Å². The molecule has 1 aliphatic rings. The number of halogens is 2. The zero-order valence-corrected chi connectivity index (χ0v) is 15.7. The van der Waals surface area contributed by atoms with Crippen LogP contribution >= 0.6 is 0 Å². The first-order chi connectivity index (χ1) is 13.9. The van der Waals surface area contributed by atoms with E-state index in [0.717, 1.165) is 31.4 Å². The smallest absolute Gasteiger partial charge is 0.224 e. The van der Waals surface area contributed by atoms with Gasteiger partial charge in [-0.15, -0.1) is 0 Å². The maximum Gasteiger partial charge on any atom is 0.224 e. The van der Waals surface area contributed by atoms with E-state index in [2.05, 4.69) is 25.6 Å². The lowest BCUT2D eigenvalue weighted by Gasteiger charge is -2.26. The Hall–Kier alpha value is -3.32. The van der Waals surface area contributed by atoms with Gasteiger partial charge in [-0.2, -0.15) is 10.2 Å². The maximum atomic E-state index is 14.2. The van der Waals surface area contributed by atoms with Gasteiger partial charge in [-0.1, -0.05) is 0 Å². The number of hydrogen-bond acceptors (Lipinski definition) is 7. The Morgan fingerprint density at radius 3 is 2.69 bits per heavy atom. The van der Waals surface area contributed by atoms with E-state index in [-0.39, 0.29) is 23.7 Å². The molecule has 8 nitrogen and oxygen atoms in total. The fourth-order valence-corrected chi connectivity index (χ4v) is 3.51. The highest BCUT2D eigenvalue weighted by Gasteiger charge is 2.21. The van der Waals surface area contributed by atoms with E-state index < -0.39 is 17.3 Å². The van der Waals surface area contributed by atoms with Gasteiger partial charge in [0.2, 0.25) is 11.9 Å². The number of aliphatic hydroxyl groups excluding tert-OH is 1. The van der Waals surface area contributed by atoms with Crippen LogP contribution in [-0.4, -0.2) is 36.8 Å². The van der Waals surface area contributed by atoms with E-state index in [4.69, 9.17) is 5.26 Å². The fraction of sp³-hybridized carbons (Fsp3) is 0.368.